The topological polar surface area (TPSA) is 39.9 Å². The van der Waals surface area contributed by atoms with Crippen LogP contribution in [-0.4, -0.2) is 22.5 Å². The fourth-order valence-electron chi connectivity index (χ4n) is 2.17. The smallest absolute Gasteiger partial charge is 0.0702 e. The fraction of sp³-hybridized carbons (Fsp3) is 0.375. The van der Waals surface area contributed by atoms with Gasteiger partial charge < -0.3 is 0 Å². The molecule has 0 aliphatic carbocycles. The summed E-state index contributed by atoms with van der Waals surface area (Å²) in [7, 11) is 0. The zero-order chi connectivity index (χ0) is 13.7. The predicted molar refractivity (Wildman–Crippen MR) is 77.5 cm³/mol. The van der Waals surface area contributed by atoms with Crippen molar-refractivity contribution in [3.63, 3.8) is 0 Å². The second kappa shape index (κ2) is 6.31. The molecule has 0 spiro atoms. The number of nitriles is 1. The molecule has 0 aliphatic heterocycles. The Morgan fingerprint density at radius 2 is 2.16 bits per heavy atom. The number of rotatable bonds is 5. The molecule has 0 saturated heterocycles. The first kappa shape index (κ1) is 13.5. The molecule has 1 aromatic carbocycles. The van der Waals surface area contributed by atoms with Gasteiger partial charge in [0.15, 0.2) is 0 Å². The molecule has 19 heavy (non-hydrogen) atoms. The van der Waals surface area contributed by atoms with Gasteiger partial charge in [-0.25, -0.2) is 0 Å². The SMILES string of the molecule is CC(C)N(CCC#N)Cc1ccc2ncccc2c1. The molecule has 3 nitrogen and oxygen atoms in total. The summed E-state index contributed by atoms with van der Waals surface area (Å²) < 4.78 is 0. The Morgan fingerprint density at radius 3 is 2.89 bits per heavy atom. The monoisotopic (exact) mass is 253 g/mol. The summed E-state index contributed by atoms with van der Waals surface area (Å²) in [5, 5.41) is 9.89. The fourth-order valence-corrected chi connectivity index (χ4v) is 2.17. The highest BCUT2D eigenvalue weighted by Crippen LogP contribution is 2.16. The van der Waals surface area contributed by atoms with Crippen LogP contribution < -0.4 is 0 Å². The Morgan fingerprint density at radius 1 is 1.32 bits per heavy atom. The third-order valence-electron chi connectivity index (χ3n) is 3.29. The Kier molecular flexibility index (Phi) is 4.48. The third-order valence-corrected chi connectivity index (χ3v) is 3.29. The maximum absolute atomic E-state index is 8.72. The molecule has 0 fully saturated rings. The van der Waals surface area contributed by atoms with Gasteiger partial charge in [-0.15, -0.1) is 0 Å². The van der Waals surface area contributed by atoms with E-state index < -0.39 is 0 Å². The van der Waals surface area contributed by atoms with Crippen LogP contribution in [0, 0.1) is 11.3 Å². The Bertz CT molecular complexity index is 584. The molecule has 0 saturated carbocycles. The van der Waals surface area contributed by atoms with Crippen molar-refractivity contribution in [2.24, 2.45) is 0 Å². The van der Waals surface area contributed by atoms with Gasteiger partial charge in [-0.2, -0.15) is 5.26 Å². The first-order chi connectivity index (χ1) is 9.20. The van der Waals surface area contributed by atoms with Gasteiger partial charge >= 0.3 is 0 Å². The zero-order valence-electron chi connectivity index (χ0n) is 11.5. The van der Waals surface area contributed by atoms with Gasteiger partial charge in [0.2, 0.25) is 0 Å². The molecule has 0 amide bonds. The van der Waals surface area contributed by atoms with E-state index in [-0.39, 0.29) is 0 Å². The lowest BCUT2D eigenvalue weighted by Crippen LogP contribution is -2.31. The third kappa shape index (κ3) is 3.52. The first-order valence-corrected chi connectivity index (χ1v) is 6.65. The minimum Gasteiger partial charge on any atom is -0.296 e. The average Bonchev–Trinajstić information content (AvgIpc) is 2.43. The second-order valence-corrected chi connectivity index (χ2v) is 5.00. The normalized spacial score (nSPS) is 11.1. The van der Waals surface area contributed by atoms with Crippen LogP contribution in [0.15, 0.2) is 36.5 Å². The second-order valence-electron chi connectivity index (χ2n) is 5.00. The number of hydrogen-bond acceptors (Lipinski definition) is 3. The number of nitrogens with zero attached hydrogens (tertiary/aromatic N) is 3. The van der Waals surface area contributed by atoms with Crippen LogP contribution in [0.3, 0.4) is 0 Å². The van der Waals surface area contributed by atoms with E-state index in [1.165, 1.54) is 10.9 Å². The minimum absolute atomic E-state index is 0.443. The number of hydrogen-bond donors (Lipinski definition) is 0. The van der Waals surface area contributed by atoms with E-state index in [1.807, 2.05) is 12.3 Å². The van der Waals surface area contributed by atoms with Gasteiger partial charge in [-0.3, -0.25) is 9.88 Å². The molecule has 3 heteroatoms. The average molecular weight is 253 g/mol. The Labute approximate surface area is 114 Å². The van der Waals surface area contributed by atoms with E-state index in [0.29, 0.717) is 12.5 Å². The molecule has 0 N–H and O–H groups in total. The summed E-state index contributed by atoms with van der Waals surface area (Å²) in [5.41, 5.74) is 2.30. The van der Waals surface area contributed by atoms with Crippen molar-refractivity contribution in [3.05, 3.63) is 42.1 Å². The summed E-state index contributed by atoms with van der Waals surface area (Å²) >= 11 is 0. The van der Waals surface area contributed by atoms with Gasteiger partial charge in [0.05, 0.1) is 11.6 Å². The molecule has 0 radical (unpaired) electrons. The number of pyridine rings is 1. The lowest BCUT2D eigenvalue weighted by atomic mass is 10.1. The van der Waals surface area contributed by atoms with Gasteiger partial charge in [0.25, 0.3) is 0 Å². The van der Waals surface area contributed by atoms with Crippen molar-refractivity contribution < 1.29 is 0 Å². The molecule has 0 bridgehead atoms. The van der Waals surface area contributed by atoms with Crippen LogP contribution in [0.2, 0.25) is 0 Å². The van der Waals surface area contributed by atoms with Gasteiger partial charge in [0.1, 0.15) is 0 Å². The molecule has 1 heterocycles. The number of benzene rings is 1. The number of fused-ring (bicyclic) bond motifs is 1. The molecule has 98 valence electrons. The molecular weight excluding hydrogens is 234 g/mol. The summed E-state index contributed by atoms with van der Waals surface area (Å²) in [5.74, 6) is 0. The lowest BCUT2D eigenvalue weighted by Gasteiger charge is -2.25. The zero-order valence-corrected chi connectivity index (χ0v) is 11.5. The number of aromatic nitrogens is 1. The Balaban J connectivity index is 2.17. The van der Waals surface area contributed by atoms with E-state index in [4.69, 9.17) is 5.26 Å². The largest absolute Gasteiger partial charge is 0.296 e. The molecule has 0 atom stereocenters. The van der Waals surface area contributed by atoms with Gasteiger partial charge in [-0.1, -0.05) is 12.1 Å². The van der Waals surface area contributed by atoms with E-state index in [1.54, 1.807) is 0 Å². The van der Waals surface area contributed by atoms with Crippen LogP contribution in [0.5, 0.6) is 0 Å². The minimum atomic E-state index is 0.443. The van der Waals surface area contributed by atoms with Crippen LogP contribution in [0.4, 0.5) is 0 Å². The van der Waals surface area contributed by atoms with Crippen molar-refractivity contribution >= 4 is 10.9 Å². The molecule has 2 aromatic rings. The maximum atomic E-state index is 8.72. The highest BCUT2D eigenvalue weighted by molar-refractivity contribution is 5.78. The van der Waals surface area contributed by atoms with E-state index >= 15 is 0 Å². The lowest BCUT2D eigenvalue weighted by molar-refractivity contribution is 0.218. The van der Waals surface area contributed by atoms with Crippen molar-refractivity contribution in [1.82, 2.24) is 9.88 Å². The van der Waals surface area contributed by atoms with Crippen LogP contribution in [0.25, 0.3) is 10.9 Å². The highest BCUT2D eigenvalue weighted by Gasteiger charge is 2.10. The predicted octanol–water partition coefficient (Wildman–Crippen LogP) is 3.36. The summed E-state index contributed by atoms with van der Waals surface area (Å²) in [6.45, 7) is 6.03. The summed E-state index contributed by atoms with van der Waals surface area (Å²) in [4.78, 5) is 6.65. The standard InChI is InChI=1S/C16H19N3/c1-13(2)19(10-4-8-17)12-14-6-7-16-15(11-14)5-3-9-18-16/h3,5-7,9,11,13H,4,10,12H2,1-2H3. The molecule has 0 aliphatic rings. The molecule has 2 rings (SSSR count). The van der Waals surface area contributed by atoms with Gasteiger partial charge in [-0.05, 0) is 37.6 Å². The Hall–Kier alpha value is -1.92. The molecular formula is C16H19N3. The van der Waals surface area contributed by atoms with Crippen molar-refractivity contribution in [2.45, 2.75) is 32.9 Å². The highest BCUT2D eigenvalue weighted by atomic mass is 15.1. The van der Waals surface area contributed by atoms with Crippen molar-refractivity contribution in [1.29, 1.82) is 5.26 Å². The quantitative estimate of drug-likeness (QED) is 0.820. The molecule has 1 aromatic heterocycles. The van der Waals surface area contributed by atoms with Gasteiger partial charge in [0, 0.05) is 37.1 Å². The first-order valence-electron chi connectivity index (χ1n) is 6.65. The van der Waals surface area contributed by atoms with E-state index in [9.17, 15) is 0 Å². The van der Waals surface area contributed by atoms with Crippen LogP contribution in [-0.2, 0) is 6.54 Å². The summed E-state index contributed by atoms with van der Waals surface area (Å²) in [6.07, 6.45) is 2.39. The van der Waals surface area contributed by atoms with Crippen LogP contribution >= 0.6 is 0 Å². The van der Waals surface area contributed by atoms with E-state index in [0.717, 1.165) is 18.6 Å². The molecule has 0 unspecified atom stereocenters. The maximum Gasteiger partial charge on any atom is 0.0702 e. The van der Waals surface area contributed by atoms with Crippen LogP contribution in [0.1, 0.15) is 25.8 Å². The van der Waals surface area contributed by atoms with Crippen molar-refractivity contribution in [3.8, 4) is 6.07 Å². The van der Waals surface area contributed by atoms with Crippen molar-refractivity contribution in [2.75, 3.05) is 6.54 Å². The van der Waals surface area contributed by atoms with E-state index in [2.05, 4.69) is 54.1 Å². The summed E-state index contributed by atoms with van der Waals surface area (Å²) in [6, 6.07) is 13.1.